The molecule has 156 valence electrons. The maximum Gasteiger partial charge on any atom is 0.256 e. The van der Waals surface area contributed by atoms with Crippen molar-refractivity contribution in [2.75, 3.05) is 18.8 Å². The molecule has 1 saturated heterocycles. The van der Waals surface area contributed by atoms with E-state index in [-0.39, 0.29) is 22.7 Å². The first-order valence-corrected chi connectivity index (χ1v) is 10.6. The third-order valence-corrected chi connectivity index (χ3v) is 7.03. The molecule has 1 aliphatic carbocycles. The van der Waals surface area contributed by atoms with Crippen molar-refractivity contribution < 1.29 is 9.18 Å². The van der Waals surface area contributed by atoms with Crippen molar-refractivity contribution in [3.63, 3.8) is 0 Å². The molecule has 1 spiro atoms. The number of carbonyl (C=O) groups excluding carboxylic acids is 1. The van der Waals surface area contributed by atoms with E-state index < -0.39 is 5.82 Å². The number of nitrogens with two attached hydrogens (primary N) is 1. The van der Waals surface area contributed by atoms with E-state index in [9.17, 15) is 4.79 Å². The molecule has 1 aliphatic heterocycles. The van der Waals surface area contributed by atoms with Gasteiger partial charge in [0.25, 0.3) is 5.91 Å². The molecule has 2 aromatic heterocycles. The Hall–Kier alpha value is -3.48. The number of anilines is 1. The minimum Gasteiger partial charge on any atom is -0.382 e. The van der Waals surface area contributed by atoms with E-state index in [4.69, 9.17) is 5.73 Å². The van der Waals surface area contributed by atoms with Gasteiger partial charge in [-0.05, 0) is 42.9 Å². The third kappa shape index (κ3) is 2.65. The maximum absolute atomic E-state index is 15.0. The number of carbonyl (C=O) groups is 1. The van der Waals surface area contributed by atoms with Gasteiger partial charge in [-0.1, -0.05) is 24.3 Å². The number of hydrogen-bond acceptors (Lipinski definition) is 4. The standard InChI is InChI=1S/C24H22FN5O/c25-18-11-19-20(30-14-27-12-21(30)22(26)28-19)10-16(18)23(31)29-9-8-24(13-29)7-3-5-15-4-1-2-6-17(15)24/h1-2,4,6,10-12,14H,3,5,7-9,13H2,(H2,26,28). The molecule has 1 fully saturated rings. The number of amides is 1. The van der Waals surface area contributed by atoms with Crippen molar-refractivity contribution >= 4 is 28.3 Å². The number of fused-ring (bicyclic) bond motifs is 5. The molecule has 1 atom stereocenters. The summed E-state index contributed by atoms with van der Waals surface area (Å²) in [6.07, 6.45) is 7.39. The highest BCUT2D eigenvalue weighted by Crippen LogP contribution is 2.44. The van der Waals surface area contributed by atoms with Gasteiger partial charge in [-0.25, -0.2) is 14.4 Å². The van der Waals surface area contributed by atoms with Crippen molar-refractivity contribution in [3.05, 3.63) is 71.4 Å². The lowest BCUT2D eigenvalue weighted by molar-refractivity contribution is 0.0777. The van der Waals surface area contributed by atoms with Crippen LogP contribution in [0.25, 0.3) is 16.6 Å². The van der Waals surface area contributed by atoms with E-state index in [1.165, 1.54) is 17.2 Å². The van der Waals surface area contributed by atoms with Gasteiger partial charge < -0.3 is 10.6 Å². The van der Waals surface area contributed by atoms with E-state index in [1.54, 1.807) is 23.0 Å². The van der Waals surface area contributed by atoms with Crippen LogP contribution in [0.3, 0.4) is 0 Å². The summed E-state index contributed by atoms with van der Waals surface area (Å²) < 4.78 is 16.7. The highest BCUT2D eigenvalue weighted by molar-refractivity contribution is 5.98. The Bertz CT molecular complexity index is 1360. The molecular weight excluding hydrogens is 393 g/mol. The first-order chi connectivity index (χ1) is 15.1. The topological polar surface area (TPSA) is 76.5 Å². The SMILES string of the molecule is Nc1nc2cc(F)c(C(=O)N3CCC4(CCCc5ccccc54)C3)cc2n2cncc12. The number of likely N-dealkylation sites (tertiary alicyclic amines) is 1. The van der Waals surface area contributed by atoms with Crippen LogP contribution in [0.1, 0.15) is 40.7 Å². The second-order valence-corrected chi connectivity index (χ2v) is 8.73. The molecule has 6 rings (SSSR count). The number of hydrogen-bond donors (Lipinski definition) is 1. The zero-order chi connectivity index (χ0) is 21.2. The molecule has 3 heterocycles. The summed E-state index contributed by atoms with van der Waals surface area (Å²) in [7, 11) is 0. The number of halogens is 1. The molecule has 2 aromatic carbocycles. The van der Waals surface area contributed by atoms with Crippen LogP contribution >= 0.6 is 0 Å². The van der Waals surface area contributed by atoms with Crippen molar-refractivity contribution in [3.8, 4) is 0 Å². The summed E-state index contributed by atoms with van der Waals surface area (Å²) >= 11 is 0. The van der Waals surface area contributed by atoms with Gasteiger partial charge in [0, 0.05) is 24.6 Å². The van der Waals surface area contributed by atoms with E-state index in [0.717, 1.165) is 25.7 Å². The minimum atomic E-state index is -0.575. The second-order valence-electron chi connectivity index (χ2n) is 8.73. The molecule has 1 unspecified atom stereocenters. The Kier molecular flexibility index (Phi) is 3.84. The average Bonchev–Trinajstić information content (AvgIpc) is 3.42. The van der Waals surface area contributed by atoms with E-state index in [2.05, 4.69) is 34.2 Å². The van der Waals surface area contributed by atoms with Crippen LogP contribution in [0.4, 0.5) is 10.2 Å². The summed E-state index contributed by atoms with van der Waals surface area (Å²) in [5, 5.41) is 0. The lowest BCUT2D eigenvalue weighted by Crippen LogP contribution is -2.37. The number of rotatable bonds is 1. The molecule has 4 aromatic rings. The molecule has 2 N–H and O–H groups in total. The van der Waals surface area contributed by atoms with E-state index in [0.29, 0.717) is 29.6 Å². The minimum absolute atomic E-state index is 0.0224. The lowest BCUT2D eigenvalue weighted by Gasteiger charge is -2.35. The maximum atomic E-state index is 15.0. The van der Waals surface area contributed by atoms with E-state index in [1.807, 2.05) is 4.90 Å². The predicted octanol–water partition coefficient (Wildman–Crippen LogP) is 3.72. The normalized spacial score (nSPS) is 20.6. The molecule has 7 heteroatoms. The summed E-state index contributed by atoms with van der Waals surface area (Å²) in [6.45, 7) is 1.26. The number of benzene rings is 2. The summed E-state index contributed by atoms with van der Waals surface area (Å²) in [5.41, 5.74) is 10.4. The fourth-order valence-corrected chi connectivity index (χ4v) is 5.51. The molecule has 2 aliphatic rings. The fraction of sp³-hybridized carbons (Fsp3) is 0.292. The Morgan fingerprint density at radius 1 is 1.16 bits per heavy atom. The van der Waals surface area contributed by atoms with Crippen LogP contribution in [-0.2, 0) is 11.8 Å². The number of nitrogen functional groups attached to an aromatic ring is 1. The summed E-state index contributed by atoms with van der Waals surface area (Å²) in [5.74, 6) is -0.570. The molecule has 0 radical (unpaired) electrons. The molecule has 0 saturated carbocycles. The van der Waals surface area contributed by atoms with Crippen molar-refractivity contribution in [1.82, 2.24) is 19.3 Å². The van der Waals surface area contributed by atoms with Crippen LogP contribution in [0.5, 0.6) is 0 Å². The number of nitrogens with zero attached hydrogens (tertiary/aromatic N) is 4. The average molecular weight is 415 g/mol. The van der Waals surface area contributed by atoms with Crippen LogP contribution < -0.4 is 5.73 Å². The van der Waals surface area contributed by atoms with Crippen LogP contribution in [0.2, 0.25) is 0 Å². The first kappa shape index (κ1) is 18.3. The summed E-state index contributed by atoms with van der Waals surface area (Å²) in [4.78, 5) is 23.6. The van der Waals surface area contributed by atoms with Gasteiger partial charge in [0.2, 0.25) is 0 Å². The highest BCUT2D eigenvalue weighted by Gasteiger charge is 2.44. The zero-order valence-electron chi connectivity index (χ0n) is 17.0. The second kappa shape index (κ2) is 6.51. The molecule has 0 bridgehead atoms. The Labute approximate surface area is 178 Å². The van der Waals surface area contributed by atoms with Crippen molar-refractivity contribution in [2.24, 2.45) is 0 Å². The largest absolute Gasteiger partial charge is 0.382 e. The molecule has 6 nitrogen and oxygen atoms in total. The molecular formula is C24H22FN5O. The Morgan fingerprint density at radius 3 is 2.94 bits per heavy atom. The quantitative estimate of drug-likeness (QED) is 0.514. The fourth-order valence-electron chi connectivity index (χ4n) is 5.51. The van der Waals surface area contributed by atoms with Crippen LogP contribution in [0, 0.1) is 5.82 Å². The number of aryl methyl sites for hydroxylation is 1. The van der Waals surface area contributed by atoms with E-state index >= 15 is 4.39 Å². The molecule has 1 amide bonds. The predicted molar refractivity (Wildman–Crippen MR) is 116 cm³/mol. The van der Waals surface area contributed by atoms with Crippen molar-refractivity contribution in [1.29, 1.82) is 0 Å². The monoisotopic (exact) mass is 415 g/mol. The Balaban J connectivity index is 1.39. The lowest BCUT2D eigenvalue weighted by atomic mass is 9.69. The zero-order valence-corrected chi connectivity index (χ0v) is 17.0. The van der Waals surface area contributed by atoms with Gasteiger partial charge in [-0.15, -0.1) is 0 Å². The number of imidazole rings is 1. The number of aromatic nitrogens is 3. The van der Waals surface area contributed by atoms with Gasteiger partial charge in [0.15, 0.2) is 0 Å². The highest BCUT2D eigenvalue weighted by atomic mass is 19.1. The van der Waals surface area contributed by atoms with Gasteiger partial charge in [-0.3, -0.25) is 9.20 Å². The van der Waals surface area contributed by atoms with Gasteiger partial charge >= 0.3 is 0 Å². The smallest absolute Gasteiger partial charge is 0.256 e. The van der Waals surface area contributed by atoms with Gasteiger partial charge in [0.1, 0.15) is 17.2 Å². The molecule has 31 heavy (non-hydrogen) atoms. The van der Waals surface area contributed by atoms with Crippen LogP contribution in [-0.4, -0.2) is 38.3 Å². The van der Waals surface area contributed by atoms with Crippen molar-refractivity contribution in [2.45, 2.75) is 31.1 Å². The first-order valence-electron chi connectivity index (χ1n) is 10.6. The third-order valence-electron chi connectivity index (χ3n) is 7.03. The Morgan fingerprint density at radius 2 is 2.03 bits per heavy atom. The summed E-state index contributed by atoms with van der Waals surface area (Å²) in [6, 6.07) is 11.4. The van der Waals surface area contributed by atoms with Gasteiger partial charge in [-0.2, -0.15) is 0 Å². The van der Waals surface area contributed by atoms with Gasteiger partial charge in [0.05, 0.1) is 29.1 Å². The van der Waals surface area contributed by atoms with Crippen LogP contribution in [0.15, 0.2) is 48.9 Å².